The van der Waals surface area contributed by atoms with Gasteiger partial charge in [0, 0.05) is 0 Å². The van der Waals surface area contributed by atoms with Crippen LogP contribution in [0.25, 0.3) is 0 Å². The number of allylic oxidation sites excluding steroid dienone is 2. The molecule has 11 heteroatoms. The van der Waals surface area contributed by atoms with E-state index in [9.17, 15) is 40.5 Å². The van der Waals surface area contributed by atoms with Crippen LogP contribution in [-0.2, 0) is 14.3 Å². The summed E-state index contributed by atoms with van der Waals surface area (Å²) >= 11 is 0. The maximum atomic E-state index is 12.9. The standard InChI is InChI=1S/C45H87NO10/c1-3-5-7-8-9-10-11-12-13-14-15-16-17-18-19-20-21-22-23-24-25-26-27-28-29-30-31-33-38(49)44(54)46-36(40(50)37(48)32-6-4-2)35-55-45-43(53)42(52)41(51)39(34-47)56-45/h18-19,36-43,45,47-53H,3-17,20-35H2,1-2H3,(H,46,54)/b19-18-. The van der Waals surface area contributed by atoms with Crippen molar-refractivity contribution in [1.82, 2.24) is 5.32 Å². The fourth-order valence-electron chi connectivity index (χ4n) is 7.42. The summed E-state index contributed by atoms with van der Waals surface area (Å²) in [5.41, 5.74) is 0. The van der Waals surface area contributed by atoms with Crippen LogP contribution in [0.1, 0.15) is 200 Å². The van der Waals surface area contributed by atoms with Gasteiger partial charge < -0.3 is 50.5 Å². The van der Waals surface area contributed by atoms with Crippen LogP contribution in [0.5, 0.6) is 0 Å². The van der Waals surface area contributed by atoms with Gasteiger partial charge in [-0.1, -0.05) is 174 Å². The number of hydrogen-bond acceptors (Lipinski definition) is 10. The van der Waals surface area contributed by atoms with E-state index in [0.717, 1.165) is 25.7 Å². The minimum Gasteiger partial charge on any atom is -0.394 e. The zero-order valence-electron chi connectivity index (χ0n) is 35.6. The van der Waals surface area contributed by atoms with Gasteiger partial charge in [0.05, 0.1) is 25.4 Å². The molecule has 0 spiro atoms. The van der Waals surface area contributed by atoms with Crippen molar-refractivity contribution in [3.8, 4) is 0 Å². The minimum atomic E-state index is -1.65. The van der Waals surface area contributed by atoms with Crippen molar-refractivity contribution in [3.05, 3.63) is 12.2 Å². The summed E-state index contributed by atoms with van der Waals surface area (Å²) in [7, 11) is 0. The first-order chi connectivity index (χ1) is 27.2. The Labute approximate surface area is 341 Å². The average molecular weight is 802 g/mol. The van der Waals surface area contributed by atoms with Crippen LogP contribution in [0.15, 0.2) is 12.2 Å². The van der Waals surface area contributed by atoms with Crippen LogP contribution in [0, 0.1) is 0 Å². The molecule has 1 fully saturated rings. The molecule has 1 amide bonds. The molecule has 1 heterocycles. The Kier molecular flexibility index (Phi) is 33.8. The van der Waals surface area contributed by atoms with Crippen LogP contribution in [0.3, 0.4) is 0 Å². The Balaban J connectivity index is 2.11. The van der Waals surface area contributed by atoms with E-state index in [1.54, 1.807) is 0 Å². The smallest absolute Gasteiger partial charge is 0.249 e. The maximum Gasteiger partial charge on any atom is 0.249 e. The number of nitrogens with one attached hydrogen (secondary N) is 1. The number of unbranched alkanes of at least 4 members (excludes halogenated alkanes) is 24. The highest BCUT2D eigenvalue weighted by Gasteiger charge is 2.44. The van der Waals surface area contributed by atoms with E-state index >= 15 is 0 Å². The van der Waals surface area contributed by atoms with E-state index in [2.05, 4.69) is 24.4 Å². The van der Waals surface area contributed by atoms with E-state index in [4.69, 9.17) is 9.47 Å². The second-order valence-corrected chi connectivity index (χ2v) is 16.5. The normalized spacial score (nSPS) is 22.3. The van der Waals surface area contributed by atoms with E-state index in [1.807, 2.05) is 6.92 Å². The highest BCUT2D eigenvalue weighted by molar-refractivity contribution is 5.80. The third kappa shape index (κ3) is 25.4. The van der Waals surface area contributed by atoms with Crippen molar-refractivity contribution in [2.75, 3.05) is 13.2 Å². The van der Waals surface area contributed by atoms with Crippen molar-refractivity contribution in [1.29, 1.82) is 0 Å². The molecule has 11 nitrogen and oxygen atoms in total. The Hall–Kier alpha value is -1.15. The number of carbonyl (C=O) groups is 1. The quantitative estimate of drug-likeness (QED) is 0.0233. The minimum absolute atomic E-state index is 0.259. The van der Waals surface area contributed by atoms with Gasteiger partial charge in [0.25, 0.3) is 0 Å². The first kappa shape index (κ1) is 52.9. The molecule has 56 heavy (non-hydrogen) atoms. The summed E-state index contributed by atoms with van der Waals surface area (Å²) < 4.78 is 10.9. The Bertz CT molecular complexity index is 923. The van der Waals surface area contributed by atoms with Gasteiger partial charge in [-0.15, -0.1) is 0 Å². The van der Waals surface area contributed by atoms with E-state index < -0.39 is 74.2 Å². The van der Waals surface area contributed by atoms with Crippen LogP contribution in [0.4, 0.5) is 0 Å². The van der Waals surface area contributed by atoms with Gasteiger partial charge in [-0.2, -0.15) is 0 Å². The monoisotopic (exact) mass is 802 g/mol. The summed E-state index contributed by atoms with van der Waals surface area (Å²) in [5, 5.41) is 74.3. The third-order valence-corrected chi connectivity index (χ3v) is 11.3. The lowest BCUT2D eigenvalue weighted by molar-refractivity contribution is -0.303. The highest BCUT2D eigenvalue weighted by Crippen LogP contribution is 2.23. The second-order valence-electron chi connectivity index (χ2n) is 16.5. The molecule has 1 saturated heterocycles. The van der Waals surface area contributed by atoms with Crippen molar-refractivity contribution in [2.24, 2.45) is 0 Å². The van der Waals surface area contributed by atoms with Crippen LogP contribution < -0.4 is 5.32 Å². The summed E-state index contributed by atoms with van der Waals surface area (Å²) in [6.45, 7) is 3.16. The van der Waals surface area contributed by atoms with Gasteiger partial charge in [0.1, 0.15) is 36.6 Å². The fraction of sp³-hybridized carbons (Fsp3) is 0.933. The van der Waals surface area contributed by atoms with Gasteiger partial charge in [-0.05, 0) is 38.5 Å². The average Bonchev–Trinajstić information content (AvgIpc) is 3.20. The molecule has 9 unspecified atom stereocenters. The number of hydrogen-bond donors (Lipinski definition) is 8. The van der Waals surface area contributed by atoms with Crippen LogP contribution in [-0.4, -0.2) is 110 Å². The molecular formula is C45H87NO10. The van der Waals surface area contributed by atoms with E-state index in [-0.39, 0.29) is 12.8 Å². The summed E-state index contributed by atoms with van der Waals surface area (Å²) in [6.07, 6.45) is 27.3. The van der Waals surface area contributed by atoms with Crippen molar-refractivity contribution >= 4 is 5.91 Å². The molecule has 9 atom stereocenters. The number of carbonyl (C=O) groups excluding carboxylic acids is 1. The Morgan fingerprint density at radius 2 is 1.05 bits per heavy atom. The number of aliphatic hydroxyl groups is 7. The lowest BCUT2D eigenvalue weighted by atomic mass is 9.99. The molecule has 0 aromatic rings. The Morgan fingerprint density at radius 1 is 0.607 bits per heavy atom. The third-order valence-electron chi connectivity index (χ3n) is 11.3. The van der Waals surface area contributed by atoms with Gasteiger partial charge in [-0.3, -0.25) is 4.79 Å². The SMILES string of the molecule is CCCCCCCCCCCCCC/C=C\CCCCCCCCCCCCCC(O)C(=O)NC(COC1OC(CO)C(O)C(O)C1O)C(O)C(O)CCCC. The number of ether oxygens (including phenoxy) is 2. The summed E-state index contributed by atoms with van der Waals surface area (Å²) in [4.78, 5) is 12.9. The van der Waals surface area contributed by atoms with Crippen LogP contribution in [0.2, 0.25) is 0 Å². The zero-order valence-corrected chi connectivity index (χ0v) is 35.6. The molecule has 0 radical (unpaired) electrons. The molecule has 0 aliphatic carbocycles. The molecule has 0 bridgehead atoms. The van der Waals surface area contributed by atoms with Crippen molar-refractivity contribution < 1.29 is 50.0 Å². The second kappa shape index (κ2) is 35.8. The lowest BCUT2D eigenvalue weighted by Gasteiger charge is -2.40. The largest absolute Gasteiger partial charge is 0.394 e. The number of rotatable bonds is 38. The zero-order chi connectivity index (χ0) is 41.2. The first-order valence-electron chi connectivity index (χ1n) is 23.1. The molecule has 0 aromatic carbocycles. The number of amides is 1. The molecule has 1 aliphatic rings. The molecular weight excluding hydrogens is 714 g/mol. The van der Waals surface area contributed by atoms with Gasteiger partial charge in [-0.25, -0.2) is 0 Å². The van der Waals surface area contributed by atoms with Crippen molar-refractivity contribution in [2.45, 2.75) is 255 Å². The number of aliphatic hydroxyl groups excluding tert-OH is 7. The first-order valence-corrected chi connectivity index (χ1v) is 23.1. The molecule has 1 aliphatic heterocycles. The molecule has 0 aromatic heterocycles. The maximum absolute atomic E-state index is 12.9. The predicted octanol–water partition coefficient (Wildman–Crippen LogP) is 7.28. The van der Waals surface area contributed by atoms with Crippen molar-refractivity contribution in [3.63, 3.8) is 0 Å². The van der Waals surface area contributed by atoms with Gasteiger partial charge in [0.15, 0.2) is 6.29 Å². The molecule has 332 valence electrons. The highest BCUT2D eigenvalue weighted by atomic mass is 16.7. The Morgan fingerprint density at radius 3 is 1.52 bits per heavy atom. The summed E-state index contributed by atoms with van der Waals surface area (Å²) in [5.74, 6) is -0.708. The molecule has 8 N–H and O–H groups in total. The van der Waals surface area contributed by atoms with Gasteiger partial charge >= 0.3 is 0 Å². The van der Waals surface area contributed by atoms with E-state index in [1.165, 1.54) is 135 Å². The van der Waals surface area contributed by atoms with E-state index in [0.29, 0.717) is 12.8 Å². The topological polar surface area (TPSA) is 189 Å². The fourth-order valence-corrected chi connectivity index (χ4v) is 7.42. The molecule has 1 rings (SSSR count). The molecule has 0 saturated carbocycles. The van der Waals surface area contributed by atoms with Crippen LogP contribution >= 0.6 is 0 Å². The van der Waals surface area contributed by atoms with Gasteiger partial charge in [0.2, 0.25) is 5.91 Å². The lowest BCUT2D eigenvalue weighted by Crippen LogP contribution is -2.60. The summed E-state index contributed by atoms with van der Waals surface area (Å²) in [6, 6.07) is -1.16. The predicted molar refractivity (Wildman–Crippen MR) is 224 cm³/mol.